The molecule has 3 heterocycles. The van der Waals surface area contributed by atoms with Crippen molar-refractivity contribution >= 4 is 28.7 Å². The highest BCUT2D eigenvalue weighted by molar-refractivity contribution is 6.01. The second kappa shape index (κ2) is 11.2. The van der Waals surface area contributed by atoms with Crippen molar-refractivity contribution in [3.8, 4) is 11.4 Å². The molecule has 14 heteroatoms. The fourth-order valence-corrected chi connectivity index (χ4v) is 4.51. The molecule has 2 N–H and O–H groups in total. The average Bonchev–Trinajstić information content (AvgIpc) is 3.67. The minimum Gasteiger partial charge on any atom is -0.383 e. The molecule has 1 aromatic carbocycles. The zero-order chi connectivity index (χ0) is 29.3. The van der Waals surface area contributed by atoms with E-state index in [2.05, 4.69) is 20.3 Å². The first-order valence-electron chi connectivity index (χ1n) is 13.1. The Bertz CT molecular complexity index is 1690. The van der Waals surface area contributed by atoms with Gasteiger partial charge in [0.05, 0.1) is 18.7 Å². The smallest absolute Gasteiger partial charge is 0.383 e. The first kappa shape index (κ1) is 28.1. The molecule has 0 radical (unpaired) electrons. The van der Waals surface area contributed by atoms with Gasteiger partial charge in [-0.3, -0.25) is 18.8 Å². The Morgan fingerprint density at radius 1 is 1.22 bits per heavy atom. The van der Waals surface area contributed by atoms with Gasteiger partial charge in [0.25, 0.3) is 5.56 Å². The number of halogens is 3. The number of aromatic nitrogens is 5. The summed E-state index contributed by atoms with van der Waals surface area (Å²) in [5.41, 5.74) is -0.713. The number of aryl methyl sites for hydroxylation is 1. The number of pyridine rings is 1. The van der Waals surface area contributed by atoms with E-state index in [4.69, 9.17) is 4.74 Å². The topological polar surface area (TPSA) is 127 Å². The summed E-state index contributed by atoms with van der Waals surface area (Å²) in [7, 11) is 1.45. The molecule has 1 saturated carbocycles. The molecule has 4 aromatic rings. The zero-order valence-electron chi connectivity index (χ0n) is 22.4. The molecule has 0 bridgehead atoms. The van der Waals surface area contributed by atoms with Gasteiger partial charge in [-0.2, -0.15) is 13.2 Å². The van der Waals surface area contributed by atoms with E-state index in [-0.39, 0.29) is 47.6 Å². The summed E-state index contributed by atoms with van der Waals surface area (Å²) >= 11 is 0. The first-order chi connectivity index (χ1) is 19.6. The van der Waals surface area contributed by atoms with Gasteiger partial charge in [-0.25, -0.2) is 19.6 Å². The van der Waals surface area contributed by atoms with Gasteiger partial charge in [-0.05, 0) is 49.6 Å². The number of methoxy groups -OCH3 is 1. The van der Waals surface area contributed by atoms with Crippen LogP contribution in [-0.4, -0.2) is 50.4 Å². The van der Waals surface area contributed by atoms with Crippen molar-refractivity contribution in [3.05, 3.63) is 69.0 Å². The molecule has 5 rings (SSSR count). The van der Waals surface area contributed by atoms with Crippen molar-refractivity contribution in [1.82, 2.24) is 24.1 Å². The van der Waals surface area contributed by atoms with Crippen LogP contribution in [0.4, 0.5) is 29.5 Å². The van der Waals surface area contributed by atoms with E-state index in [9.17, 15) is 27.6 Å². The summed E-state index contributed by atoms with van der Waals surface area (Å²) in [6.07, 6.45) is -0.872. The number of fused-ring (bicyclic) bond motifs is 1. The van der Waals surface area contributed by atoms with E-state index >= 15 is 0 Å². The van der Waals surface area contributed by atoms with Crippen LogP contribution in [0.15, 0.2) is 52.2 Å². The number of carbonyl (C=O) groups excluding carboxylic acids is 1. The van der Waals surface area contributed by atoms with Crippen LogP contribution < -0.4 is 21.5 Å². The molecule has 3 aromatic heterocycles. The third-order valence-electron chi connectivity index (χ3n) is 6.67. The Hall–Kier alpha value is -4.46. The lowest BCUT2D eigenvalue weighted by atomic mass is 10.2. The average molecular weight is 572 g/mol. The molecule has 1 fully saturated rings. The maximum atomic E-state index is 13.1. The Balaban J connectivity index is 1.44. The Morgan fingerprint density at radius 2 is 2.00 bits per heavy atom. The third kappa shape index (κ3) is 5.73. The molecule has 0 saturated heterocycles. The standard InChI is InChI=1S/C27H28F3N7O4/c1-3-11-36-23-21(24(38)37(26(36)40)19-8-9-19)33-22(34-23)16-7-10-20(31-15-16)35(12-13-41-2)25(39)32-18-6-4-5-17(14-18)27(28,29)30/h4-7,10,14-15,19H,3,8-9,11-13H2,1-2H3,(H,32,39)(H,33,34). The fraction of sp³-hybridized carbons (Fsp3) is 0.370. The molecule has 41 heavy (non-hydrogen) atoms. The van der Waals surface area contributed by atoms with Crippen LogP contribution in [0.1, 0.15) is 37.8 Å². The van der Waals surface area contributed by atoms with Crippen LogP contribution in [0.3, 0.4) is 0 Å². The highest BCUT2D eigenvalue weighted by Gasteiger charge is 2.31. The number of hydrogen-bond acceptors (Lipinski definition) is 6. The summed E-state index contributed by atoms with van der Waals surface area (Å²) in [6.45, 7) is 2.55. The summed E-state index contributed by atoms with van der Waals surface area (Å²) in [6, 6.07) is 6.71. The highest BCUT2D eigenvalue weighted by atomic mass is 19.4. The SMILES string of the molecule is CCCn1c(=O)n(C2CC2)c(=O)c2[nH]c(-c3ccc(N(CCOC)C(=O)Nc4cccc(C(F)(F)F)c4)nc3)nc21. The van der Waals surface area contributed by atoms with Crippen molar-refractivity contribution in [2.75, 3.05) is 30.5 Å². The van der Waals surface area contributed by atoms with Crippen molar-refractivity contribution in [3.63, 3.8) is 0 Å². The molecule has 1 aliphatic rings. The molecule has 0 atom stereocenters. The van der Waals surface area contributed by atoms with E-state index in [1.165, 1.54) is 39.5 Å². The Kier molecular flexibility index (Phi) is 7.67. The maximum Gasteiger partial charge on any atom is 0.416 e. The normalized spacial score (nSPS) is 13.5. The molecule has 1 aliphatic carbocycles. The number of nitrogens with one attached hydrogen (secondary N) is 2. The molecule has 0 unspecified atom stereocenters. The van der Waals surface area contributed by atoms with Crippen molar-refractivity contribution < 1.29 is 22.7 Å². The first-order valence-corrected chi connectivity index (χ1v) is 13.1. The number of nitrogens with zero attached hydrogens (tertiary/aromatic N) is 5. The lowest BCUT2D eigenvalue weighted by molar-refractivity contribution is -0.137. The van der Waals surface area contributed by atoms with Crippen LogP contribution in [0.5, 0.6) is 0 Å². The van der Waals surface area contributed by atoms with Crippen LogP contribution in [0.2, 0.25) is 0 Å². The third-order valence-corrected chi connectivity index (χ3v) is 6.67. The minimum absolute atomic E-state index is 0.0267. The molecule has 0 aliphatic heterocycles. The Morgan fingerprint density at radius 3 is 2.63 bits per heavy atom. The minimum atomic E-state index is -4.55. The number of alkyl halides is 3. The molecular formula is C27H28F3N7O4. The zero-order valence-corrected chi connectivity index (χ0v) is 22.4. The van der Waals surface area contributed by atoms with Gasteiger partial charge in [0, 0.05) is 37.1 Å². The van der Waals surface area contributed by atoms with Crippen molar-refractivity contribution in [2.45, 2.75) is 44.9 Å². The van der Waals surface area contributed by atoms with Gasteiger partial charge in [0.15, 0.2) is 5.65 Å². The quantitative estimate of drug-likeness (QED) is 0.307. The van der Waals surface area contributed by atoms with Crippen molar-refractivity contribution in [1.29, 1.82) is 0 Å². The lowest BCUT2D eigenvalue weighted by Crippen LogP contribution is -2.39. The molecule has 11 nitrogen and oxygen atoms in total. The largest absolute Gasteiger partial charge is 0.416 e. The molecular weight excluding hydrogens is 543 g/mol. The second-order valence-corrected chi connectivity index (χ2v) is 9.68. The molecule has 216 valence electrons. The number of ether oxygens (including phenoxy) is 1. The van der Waals surface area contributed by atoms with Gasteiger partial charge >= 0.3 is 17.9 Å². The number of urea groups is 1. The predicted molar refractivity (Wildman–Crippen MR) is 146 cm³/mol. The maximum absolute atomic E-state index is 13.1. The van der Waals surface area contributed by atoms with Crippen LogP contribution in [0, 0.1) is 0 Å². The summed E-state index contributed by atoms with van der Waals surface area (Å²) in [4.78, 5) is 52.4. The molecule has 0 spiro atoms. The summed E-state index contributed by atoms with van der Waals surface area (Å²) < 4.78 is 47.2. The number of benzene rings is 1. The highest BCUT2D eigenvalue weighted by Crippen LogP contribution is 2.33. The van der Waals surface area contributed by atoms with Crippen LogP contribution in [-0.2, 0) is 17.5 Å². The van der Waals surface area contributed by atoms with E-state index < -0.39 is 23.3 Å². The predicted octanol–water partition coefficient (Wildman–Crippen LogP) is 4.40. The van der Waals surface area contributed by atoms with Gasteiger partial charge in [0.1, 0.15) is 17.2 Å². The monoisotopic (exact) mass is 571 g/mol. The summed E-state index contributed by atoms with van der Waals surface area (Å²) in [5, 5.41) is 2.48. The number of H-pyrrole nitrogens is 1. The van der Waals surface area contributed by atoms with E-state index in [1.807, 2.05) is 6.92 Å². The molecule has 2 amide bonds. The van der Waals surface area contributed by atoms with Crippen LogP contribution in [0.25, 0.3) is 22.6 Å². The van der Waals surface area contributed by atoms with Crippen LogP contribution >= 0.6 is 0 Å². The van der Waals surface area contributed by atoms with E-state index in [0.717, 1.165) is 25.0 Å². The van der Waals surface area contributed by atoms with Gasteiger partial charge < -0.3 is 15.0 Å². The van der Waals surface area contributed by atoms with Gasteiger partial charge in [-0.15, -0.1) is 0 Å². The lowest BCUT2D eigenvalue weighted by Gasteiger charge is -2.22. The fourth-order valence-electron chi connectivity index (χ4n) is 4.51. The number of amides is 2. The number of anilines is 2. The Labute approximate surface area is 231 Å². The number of rotatable bonds is 9. The number of carbonyl (C=O) groups is 1. The van der Waals surface area contributed by atoms with Gasteiger partial charge in [-0.1, -0.05) is 13.0 Å². The van der Waals surface area contributed by atoms with Gasteiger partial charge in [0.2, 0.25) is 0 Å². The second-order valence-electron chi connectivity index (χ2n) is 9.68. The number of imidazole rings is 1. The van der Waals surface area contributed by atoms with E-state index in [0.29, 0.717) is 24.4 Å². The van der Waals surface area contributed by atoms with E-state index in [1.54, 1.807) is 12.1 Å². The number of aromatic amines is 1. The van der Waals surface area contributed by atoms with Crippen molar-refractivity contribution in [2.24, 2.45) is 0 Å². The number of hydrogen-bond donors (Lipinski definition) is 2. The summed E-state index contributed by atoms with van der Waals surface area (Å²) in [5.74, 6) is 0.538.